The van der Waals surface area contributed by atoms with Gasteiger partial charge in [-0.1, -0.05) is 0 Å². The van der Waals surface area contributed by atoms with E-state index in [1.165, 1.54) is 6.42 Å². The van der Waals surface area contributed by atoms with Crippen molar-refractivity contribution in [3.05, 3.63) is 0 Å². The van der Waals surface area contributed by atoms with Crippen LogP contribution >= 0.6 is 7.77 Å². The third-order valence-corrected chi connectivity index (χ3v) is 2.39. The van der Waals surface area contributed by atoms with Gasteiger partial charge in [0.1, 0.15) is 0 Å². The van der Waals surface area contributed by atoms with E-state index in [1.807, 2.05) is 5.80 Å². The minimum atomic E-state index is -0.590. The quantitative estimate of drug-likeness (QED) is 0.453. The molecule has 0 aromatic heterocycles. The largest absolute Gasteiger partial charge is 0.351 e. The van der Waals surface area contributed by atoms with E-state index in [0.29, 0.717) is 0 Å². The minimum absolute atomic E-state index is 0.590. The van der Waals surface area contributed by atoms with Crippen molar-refractivity contribution in [2.75, 3.05) is 6.16 Å². The second-order valence-electron chi connectivity index (χ2n) is 1.49. The van der Waals surface area contributed by atoms with E-state index in [2.05, 4.69) is 0 Å². The van der Waals surface area contributed by atoms with Crippen molar-refractivity contribution in [3.63, 3.8) is 0 Å². The van der Waals surface area contributed by atoms with E-state index in [-0.39, 0.29) is 0 Å². The Morgan fingerprint density at radius 1 is 1.67 bits per heavy atom. The molecule has 0 amide bonds. The molecule has 1 nitrogen and oxygen atoms in total. The lowest BCUT2D eigenvalue weighted by Gasteiger charge is -1.80. The first kappa shape index (κ1) is 4.29. The molecule has 0 fully saturated rings. The van der Waals surface area contributed by atoms with Crippen LogP contribution in [-0.4, -0.2) is 16.9 Å². The summed E-state index contributed by atoms with van der Waals surface area (Å²) < 4.78 is 0. The highest BCUT2D eigenvalue weighted by atomic mass is 31.1. The Kier molecular flexibility index (Phi) is 1.23. The van der Waals surface area contributed by atoms with E-state index in [1.54, 1.807) is 0 Å². The lowest BCUT2D eigenvalue weighted by atomic mass is 10.4. The predicted octanol–water partition coefficient (Wildman–Crippen LogP) is 0.972. The Labute approximate surface area is 38.5 Å². The summed E-state index contributed by atoms with van der Waals surface area (Å²) in [6.07, 6.45) is 3.40. The van der Waals surface area contributed by atoms with Gasteiger partial charge in [0.2, 0.25) is 0 Å². The molecule has 0 spiro atoms. The van der Waals surface area contributed by atoms with Gasteiger partial charge in [0.25, 0.3) is 0 Å². The molecule has 0 aromatic rings. The molecule has 0 aromatic carbocycles. The Morgan fingerprint density at radius 3 is 2.67 bits per heavy atom. The van der Waals surface area contributed by atoms with Gasteiger partial charge in [0.15, 0.2) is 0 Å². The summed E-state index contributed by atoms with van der Waals surface area (Å²) in [6, 6.07) is 0. The van der Waals surface area contributed by atoms with Gasteiger partial charge in [0.05, 0.1) is 0 Å². The monoisotopic (exact) mass is 103 g/mol. The van der Waals surface area contributed by atoms with Gasteiger partial charge in [-0.15, -0.1) is 0 Å². The van der Waals surface area contributed by atoms with Gasteiger partial charge in [-0.25, -0.2) is 0 Å². The zero-order valence-corrected chi connectivity index (χ0v) is 4.49. The van der Waals surface area contributed by atoms with Crippen molar-refractivity contribution >= 4 is 13.6 Å². The highest BCUT2D eigenvalue weighted by Gasteiger charge is 1.96. The molecule has 1 rings (SSSR count). The normalized spacial score (nSPS) is 27.2. The molecular weight excluding hydrogens is 95.0 g/mol. The Balaban J connectivity index is 2.45. The molecule has 6 heavy (non-hydrogen) atoms. The maximum absolute atomic E-state index is 8.74. The van der Waals surface area contributed by atoms with Crippen LogP contribution in [0.25, 0.3) is 0 Å². The highest BCUT2D eigenvalue weighted by Crippen LogP contribution is 2.23. The molecule has 1 aliphatic heterocycles. The maximum atomic E-state index is 8.74. The van der Waals surface area contributed by atoms with E-state index in [4.69, 9.17) is 4.89 Å². The first-order chi connectivity index (χ1) is 2.89. The Bertz CT molecular complexity index is 77.6. The first-order valence-corrected chi connectivity index (χ1v) is 3.73. The van der Waals surface area contributed by atoms with Gasteiger partial charge >= 0.3 is 0 Å². The third kappa shape index (κ3) is 0.796. The van der Waals surface area contributed by atoms with E-state index in [9.17, 15) is 0 Å². The van der Waals surface area contributed by atoms with Crippen molar-refractivity contribution in [3.8, 4) is 0 Å². The van der Waals surface area contributed by atoms with Gasteiger partial charge < -0.3 is 4.89 Å². The van der Waals surface area contributed by atoms with Crippen LogP contribution in [0.2, 0.25) is 0 Å². The minimum Gasteiger partial charge on any atom is -0.351 e. The number of hydrogen-bond donors (Lipinski definition) is 1. The molecule has 0 aliphatic carbocycles. The molecule has 1 aliphatic rings. The van der Waals surface area contributed by atoms with E-state index < -0.39 is 7.77 Å². The summed E-state index contributed by atoms with van der Waals surface area (Å²) in [5.74, 6) is 2.02. The molecule has 0 saturated carbocycles. The topological polar surface area (TPSA) is 20.2 Å². The van der Waals surface area contributed by atoms with Crippen LogP contribution in [-0.2, 0) is 0 Å². The second kappa shape index (κ2) is 1.72. The third-order valence-electron chi connectivity index (χ3n) is 0.931. The predicted molar refractivity (Wildman–Crippen MR) is 29.3 cm³/mol. The average Bonchev–Trinajstić information content (AvgIpc) is 1.86. The second-order valence-corrected chi connectivity index (χ2v) is 3.18. The van der Waals surface area contributed by atoms with Gasteiger partial charge in [0, 0.05) is 6.16 Å². The lowest BCUT2D eigenvalue weighted by molar-refractivity contribution is 0.642. The van der Waals surface area contributed by atoms with Crippen molar-refractivity contribution in [1.82, 2.24) is 0 Å². The van der Waals surface area contributed by atoms with Gasteiger partial charge in [-0.2, -0.15) is 0 Å². The molecular formula is C4H8OP. The summed E-state index contributed by atoms with van der Waals surface area (Å²) >= 11 is 0. The van der Waals surface area contributed by atoms with Crippen LogP contribution in [0.3, 0.4) is 0 Å². The molecule has 1 atom stereocenters. The van der Waals surface area contributed by atoms with Crippen LogP contribution in [0.4, 0.5) is 0 Å². The zero-order chi connectivity index (χ0) is 4.41. The Hall–Kier alpha value is 0.130. The summed E-state index contributed by atoms with van der Waals surface area (Å²) in [6.45, 7) is 0. The molecule has 0 saturated heterocycles. The molecule has 1 N–H and O–H groups in total. The van der Waals surface area contributed by atoms with E-state index in [0.717, 1.165) is 12.6 Å². The Morgan fingerprint density at radius 2 is 2.50 bits per heavy atom. The van der Waals surface area contributed by atoms with Crippen LogP contribution in [0.1, 0.15) is 12.8 Å². The smallest absolute Gasteiger partial charge is 0.00633 e. The van der Waals surface area contributed by atoms with E-state index >= 15 is 0 Å². The van der Waals surface area contributed by atoms with Gasteiger partial charge in [-0.05, 0) is 26.4 Å². The molecule has 1 heterocycles. The number of rotatable bonds is 0. The first-order valence-electron chi connectivity index (χ1n) is 2.18. The summed E-state index contributed by atoms with van der Waals surface area (Å²) in [5.41, 5.74) is 0. The van der Waals surface area contributed by atoms with Crippen molar-refractivity contribution in [2.24, 2.45) is 0 Å². The van der Waals surface area contributed by atoms with Crippen molar-refractivity contribution in [1.29, 1.82) is 0 Å². The summed E-state index contributed by atoms with van der Waals surface area (Å²) in [7, 11) is -0.590. The summed E-state index contributed by atoms with van der Waals surface area (Å²) in [4.78, 5) is 8.74. The lowest BCUT2D eigenvalue weighted by Crippen LogP contribution is -1.62. The molecule has 35 valence electrons. The van der Waals surface area contributed by atoms with Crippen LogP contribution in [0.5, 0.6) is 0 Å². The average molecular weight is 103 g/mol. The molecule has 2 heteroatoms. The molecule has 1 unspecified atom stereocenters. The number of hydrogen-bond acceptors (Lipinski definition) is 1. The molecule has 1 radical (unpaired) electrons. The van der Waals surface area contributed by atoms with Crippen LogP contribution < -0.4 is 0 Å². The van der Waals surface area contributed by atoms with Crippen LogP contribution in [0, 0.1) is 0 Å². The van der Waals surface area contributed by atoms with Crippen LogP contribution in [0.15, 0.2) is 0 Å². The van der Waals surface area contributed by atoms with Crippen molar-refractivity contribution in [2.45, 2.75) is 12.8 Å². The maximum Gasteiger partial charge on any atom is 0.00633 e. The zero-order valence-electron chi connectivity index (χ0n) is 3.59. The fourth-order valence-electron chi connectivity index (χ4n) is 0.585. The fraction of sp³-hybridized carbons (Fsp3) is 0.750. The van der Waals surface area contributed by atoms with Crippen molar-refractivity contribution < 1.29 is 4.89 Å². The SMILES string of the molecule is O[P]1=CCCC1. The standard InChI is InChI=1S/C4H8OP/c5-6-3-1-2-4-6/h3,5H,1-2,4H2. The molecule has 0 bridgehead atoms. The highest BCUT2D eigenvalue weighted by molar-refractivity contribution is 7.51. The fourth-order valence-corrected chi connectivity index (χ4v) is 1.75. The summed E-state index contributed by atoms with van der Waals surface area (Å²) in [5, 5.41) is 0. The van der Waals surface area contributed by atoms with Gasteiger partial charge in [-0.3, -0.25) is 0 Å².